The van der Waals surface area contributed by atoms with Gasteiger partial charge in [0, 0.05) is 30.6 Å². The molecule has 1 aliphatic carbocycles. The lowest BCUT2D eigenvalue weighted by Crippen LogP contribution is -2.61. The van der Waals surface area contributed by atoms with Crippen LogP contribution in [-0.4, -0.2) is 53.9 Å². The van der Waals surface area contributed by atoms with Crippen LogP contribution in [0.15, 0.2) is 47.1 Å². The second-order valence-corrected chi connectivity index (χ2v) is 8.79. The number of hydrogen-bond acceptors (Lipinski definition) is 7. The fourth-order valence-electron chi connectivity index (χ4n) is 3.46. The molecule has 33 heavy (non-hydrogen) atoms. The van der Waals surface area contributed by atoms with Crippen LogP contribution in [-0.2, 0) is 28.6 Å². The number of hydrogen-bond donors (Lipinski definition) is 1. The van der Waals surface area contributed by atoms with Crippen molar-refractivity contribution in [1.29, 1.82) is 0 Å². The number of ether oxygens (including phenoxy) is 3. The van der Waals surface area contributed by atoms with Crippen molar-refractivity contribution in [3.8, 4) is 0 Å². The van der Waals surface area contributed by atoms with E-state index in [1.165, 1.54) is 14.0 Å². The summed E-state index contributed by atoms with van der Waals surface area (Å²) in [4.78, 5) is 38.4. The summed E-state index contributed by atoms with van der Waals surface area (Å²) in [6.45, 7) is 16.1. The fraction of sp³-hybridized carbons (Fsp3) is 0.577. The van der Waals surface area contributed by atoms with Crippen molar-refractivity contribution in [3.05, 3.63) is 47.1 Å². The maximum absolute atomic E-state index is 13.4. The maximum atomic E-state index is 13.4. The third kappa shape index (κ3) is 6.74. The van der Waals surface area contributed by atoms with Crippen molar-refractivity contribution in [3.63, 3.8) is 0 Å². The van der Waals surface area contributed by atoms with Gasteiger partial charge in [0.1, 0.15) is 6.10 Å². The number of carbonyl (C=O) groups excluding carboxylic acids is 3. The fourth-order valence-corrected chi connectivity index (χ4v) is 3.46. The average Bonchev–Trinajstić information content (AvgIpc) is 2.79. The molecule has 1 aliphatic rings. The Balaban J connectivity index is 3.42. The molecule has 0 amide bonds. The number of aliphatic hydroxyl groups excluding tert-OH is 1. The Bertz CT molecular complexity index is 860. The molecule has 184 valence electrons. The Morgan fingerprint density at radius 1 is 1.15 bits per heavy atom. The smallest absolute Gasteiger partial charge is 0.334 e. The van der Waals surface area contributed by atoms with Gasteiger partial charge in [-0.2, -0.15) is 0 Å². The highest BCUT2D eigenvalue weighted by molar-refractivity contribution is 5.97. The lowest BCUT2D eigenvalue weighted by molar-refractivity contribution is -0.185. The number of methoxy groups -OCH3 is 1. The van der Waals surface area contributed by atoms with Crippen molar-refractivity contribution >= 4 is 17.7 Å². The highest BCUT2D eigenvalue weighted by Crippen LogP contribution is 2.39. The van der Waals surface area contributed by atoms with Gasteiger partial charge in [-0.1, -0.05) is 30.4 Å². The Morgan fingerprint density at radius 2 is 1.70 bits per heavy atom. The van der Waals surface area contributed by atoms with E-state index in [-0.39, 0.29) is 6.42 Å². The maximum Gasteiger partial charge on any atom is 0.334 e. The molecule has 0 spiro atoms. The molecule has 1 N–H and O–H groups in total. The lowest BCUT2D eigenvalue weighted by Gasteiger charge is -2.44. The van der Waals surface area contributed by atoms with Crippen molar-refractivity contribution in [2.75, 3.05) is 7.11 Å². The van der Waals surface area contributed by atoms with Gasteiger partial charge < -0.3 is 19.3 Å². The first kappa shape index (κ1) is 28.5. The third-order valence-corrected chi connectivity index (χ3v) is 6.27. The predicted octanol–water partition coefficient (Wildman–Crippen LogP) is 4.01. The SMILES string of the molecule is C=C(C(CC=C(C)C)OC(=O)/C(C)=C\C)[C@@H]1C[C@H](O)[C@](C)(OC)C(=O)[C@H]1OC(=O)/C(C)=C\C. The molecule has 0 aromatic carbocycles. The normalized spacial score (nSPS) is 26.9. The zero-order valence-corrected chi connectivity index (χ0v) is 21.1. The topological polar surface area (TPSA) is 99.1 Å². The first-order chi connectivity index (χ1) is 15.3. The van der Waals surface area contributed by atoms with Crippen molar-refractivity contribution in [2.45, 2.75) is 85.2 Å². The Labute approximate surface area is 197 Å². The largest absolute Gasteiger partial charge is 0.454 e. The van der Waals surface area contributed by atoms with E-state index in [0.29, 0.717) is 23.1 Å². The molecule has 1 saturated carbocycles. The quantitative estimate of drug-likeness (QED) is 0.314. The van der Waals surface area contributed by atoms with Crippen LogP contribution < -0.4 is 0 Å². The Morgan fingerprint density at radius 3 is 2.18 bits per heavy atom. The van der Waals surface area contributed by atoms with Crippen LogP contribution in [0.5, 0.6) is 0 Å². The minimum atomic E-state index is -1.54. The number of allylic oxidation sites excluding steroid dienone is 3. The summed E-state index contributed by atoms with van der Waals surface area (Å²) in [7, 11) is 1.33. The van der Waals surface area contributed by atoms with Gasteiger partial charge in [0.05, 0.1) is 6.10 Å². The van der Waals surface area contributed by atoms with E-state index >= 15 is 0 Å². The second kappa shape index (κ2) is 12.1. The van der Waals surface area contributed by atoms with Gasteiger partial charge in [0.25, 0.3) is 0 Å². The van der Waals surface area contributed by atoms with Crippen molar-refractivity contribution in [1.82, 2.24) is 0 Å². The molecular weight excluding hydrogens is 424 g/mol. The second-order valence-electron chi connectivity index (χ2n) is 8.79. The molecule has 0 saturated heterocycles. The number of rotatable bonds is 9. The number of aliphatic hydroxyl groups is 1. The van der Waals surface area contributed by atoms with Crippen molar-refractivity contribution in [2.24, 2.45) is 5.92 Å². The summed E-state index contributed by atoms with van der Waals surface area (Å²) >= 11 is 0. The molecular formula is C26H38O7. The van der Waals surface area contributed by atoms with E-state index in [1.807, 2.05) is 19.9 Å². The van der Waals surface area contributed by atoms with Gasteiger partial charge in [0.2, 0.25) is 5.78 Å². The highest BCUT2D eigenvalue weighted by Gasteiger charge is 2.55. The lowest BCUT2D eigenvalue weighted by atomic mass is 9.70. The highest BCUT2D eigenvalue weighted by atomic mass is 16.6. The molecule has 5 atom stereocenters. The summed E-state index contributed by atoms with van der Waals surface area (Å²) in [5.41, 5.74) is 0.646. The predicted molar refractivity (Wildman–Crippen MR) is 126 cm³/mol. The van der Waals surface area contributed by atoms with Crippen LogP contribution in [0.25, 0.3) is 0 Å². The summed E-state index contributed by atoms with van der Waals surface area (Å²) in [6, 6.07) is 0. The van der Waals surface area contributed by atoms with Gasteiger partial charge in [-0.05, 0) is 60.5 Å². The van der Waals surface area contributed by atoms with Crippen molar-refractivity contribution < 1.29 is 33.7 Å². The summed E-state index contributed by atoms with van der Waals surface area (Å²) in [6.07, 6.45) is 2.33. The van der Waals surface area contributed by atoms with Crippen LogP contribution >= 0.6 is 0 Å². The summed E-state index contributed by atoms with van der Waals surface area (Å²) in [5, 5.41) is 10.8. The van der Waals surface area contributed by atoms with E-state index < -0.39 is 47.6 Å². The van der Waals surface area contributed by atoms with E-state index in [4.69, 9.17) is 14.2 Å². The third-order valence-electron chi connectivity index (χ3n) is 6.27. The molecule has 1 unspecified atom stereocenters. The number of ketones is 1. The first-order valence-electron chi connectivity index (χ1n) is 11.1. The number of Topliss-reactive ketones (excluding diaryl/α,β-unsaturated/α-hetero) is 1. The molecule has 7 nitrogen and oxygen atoms in total. The molecule has 7 heteroatoms. The molecule has 1 rings (SSSR count). The molecule has 1 fully saturated rings. The molecule has 0 bridgehead atoms. The van der Waals surface area contributed by atoms with Gasteiger partial charge >= 0.3 is 11.9 Å². The van der Waals surface area contributed by atoms with E-state index in [0.717, 1.165) is 5.57 Å². The van der Waals surface area contributed by atoms with Crippen LogP contribution in [0.3, 0.4) is 0 Å². The van der Waals surface area contributed by atoms with Crippen LogP contribution in [0.4, 0.5) is 0 Å². The zero-order chi connectivity index (χ0) is 25.5. The first-order valence-corrected chi connectivity index (χ1v) is 11.1. The van der Waals surface area contributed by atoms with Crippen LogP contribution in [0, 0.1) is 5.92 Å². The molecule has 0 aromatic rings. The van der Waals surface area contributed by atoms with Crippen LogP contribution in [0.1, 0.15) is 61.3 Å². The summed E-state index contributed by atoms with van der Waals surface area (Å²) < 4.78 is 16.7. The standard InChI is InChI=1S/C26H38O7/c1-10-16(5)24(29)32-20(13-12-15(3)4)18(7)19-14-21(27)26(8,31-9)23(28)22(19)33-25(30)17(6)11-2/h10-12,19-22,27H,7,13-14H2,1-6,8-9H3/b16-10-,17-11-/t19-,20?,21-,22-,26-/m0/s1. The van der Waals surface area contributed by atoms with E-state index in [2.05, 4.69) is 6.58 Å². The van der Waals surface area contributed by atoms with Crippen LogP contribution in [0.2, 0.25) is 0 Å². The molecule has 0 aliphatic heterocycles. The number of esters is 2. The molecule has 0 heterocycles. The van der Waals surface area contributed by atoms with Gasteiger partial charge in [0.15, 0.2) is 11.7 Å². The van der Waals surface area contributed by atoms with E-state index in [9.17, 15) is 19.5 Å². The minimum Gasteiger partial charge on any atom is -0.454 e. The average molecular weight is 463 g/mol. The van der Waals surface area contributed by atoms with Gasteiger partial charge in [-0.15, -0.1) is 0 Å². The molecule has 0 radical (unpaired) electrons. The number of carbonyl (C=O) groups is 3. The summed E-state index contributed by atoms with van der Waals surface area (Å²) in [5.74, 6) is -2.48. The van der Waals surface area contributed by atoms with Gasteiger partial charge in [-0.25, -0.2) is 9.59 Å². The Kier molecular flexibility index (Phi) is 10.5. The molecule has 0 aromatic heterocycles. The minimum absolute atomic E-state index is 0.0488. The van der Waals surface area contributed by atoms with E-state index in [1.54, 1.807) is 39.8 Å². The monoisotopic (exact) mass is 462 g/mol. The zero-order valence-electron chi connectivity index (χ0n) is 21.1. The van der Waals surface area contributed by atoms with Gasteiger partial charge in [-0.3, -0.25) is 4.79 Å². The Hall–Kier alpha value is -2.51.